The lowest BCUT2D eigenvalue weighted by Gasteiger charge is -2.14. The summed E-state index contributed by atoms with van der Waals surface area (Å²) in [6, 6.07) is 12.0. The number of fused-ring (bicyclic) bond motifs is 1. The summed E-state index contributed by atoms with van der Waals surface area (Å²) >= 11 is 7.03. The van der Waals surface area contributed by atoms with Crippen molar-refractivity contribution >= 4 is 44.7 Å². The molecule has 0 saturated carbocycles. The van der Waals surface area contributed by atoms with Crippen LogP contribution in [0, 0.1) is 12.7 Å². The molecule has 2 heterocycles. The van der Waals surface area contributed by atoms with Gasteiger partial charge in [-0.15, -0.1) is 11.3 Å². The molecular weight excluding hydrogens is 429 g/mol. The van der Waals surface area contributed by atoms with Gasteiger partial charge in [0.25, 0.3) is 5.56 Å². The molecular formula is C21H15ClFN3O3S. The predicted octanol–water partition coefficient (Wildman–Crippen LogP) is 3.95. The van der Waals surface area contributed by atoms with Crippen LogP contribution in [0.5, 0.6) is 0 Å². The van der Waals surface area contributed by atoms with Gasteiger partial charge in [0.2, 0.25) is 5.91 Å². The number of carbonyl (C=O) groups excluding carboxylic acids is 1. The molecule has 0 bridgehead atoms. The molecule has 1 N–H and O–H groups in total. The number of hydrogen-bond acceptors (Lipinski definition) is 4. The van der Waals surface area contributed by atoms with E-state index in [0.29, 0.717) is 26.5 Å². The van der Waals surface area contributed by atoms with E-state index in [1.165, 1.54) is 34.1 Å². The first kappa shape index (κ1) is 20.1. The van der Waals surface area contributed by atoms with Crippen LogP contribution in [0.15, 0.2) is 63.5 Å². The molecule has 0 unspecified atom stereocenters. The number of hydrogen-bond donors (Lipinski definition) is 1. The first-order chi connectivity index (χ1) is 14.3. The average molecular weight is 444 g/mol. The molecule has 4 rings (SSSR count). The van der Waals surface area contributed by atoms with Crippen molar-refractivity contribution < 1.29 is 9.18 Å². The summed E-state index contributed by atoms with van der Waals surface area (Å²) in [6.45, 7) is 1.32. The molecule has 30 heavy (non-hydrogen) atoms. The monoisotopic (exact) mass is 443 g/mol. The van der Waals surface area contributed by atoms with E-state index >= 15 is 0 Å². The third-order valence-corrected chi connectivity index (χ3v) is 5.73. The lowest BCUT2D eigenvalue weighted by molar-refractivity contribution is -0.116. The normalized spacial score (nSPS) is 11.0. The minimum atomic E-state index is -0.674. The van der Waals surface area contributed by atoms with Gasteiger partial charge in [0.05, 0.1) is 11.2 Å². The molecule has 6 nitrogen and oxygen atoms in total. The number of halogens is 2. The Labute approximate surface area is 178 Å². The average Bonchev–Trinajstić information content (AvgIpc) is 3.19. The van der Waals surface area contributed by atoms with Crippen LogP contribution in [0.1, 0.15) is 5.56 Å². The van der Waals surface area contributed by atoms with Crippen molar-refractivity contribution in [3.63, 3.8) is 0 Å². The van der Waals surface area contributed by atoms with Crippen molar-refractivity contribution in [3.8, 4) is 5.69 Å². The standard InChI is InChI=1S/C21H15ClFN3O3S/c1-12-10-14(23)4-7-16(12)26-20(28)19-17(8-9-30-19)25(21(26)29)11-18(27)24-15-5-2-13(22)3-6-15/h2-10H,11H2,1H3,(H,24,27). The number of nitrogens with one attached hydrogen (secondary N) is 1. The minimum Gasteiger partial charge on any atom is -0.325 e. The number of benzene rings is 2. The van der Waals surface area contributed by atoms with Crippen molar-refractivity contribution in [3.05, 3.63) is 91.2 Å². The van der Waals surface area contributed by atoms with Crippen LogP contribution in [-0.4, -0.2) is 15.0 Å². The highest BCUT2D eigenvalue weighted by Gasteiger charge is 2.18. The fraction of sp³-hybridized carbons (Fsp3) is 0.0952. The molecule has 0 aliphatic rings. The van der Waals surface area contributed by atoms with E-state index in [0.717, 1.165) is 4.57 Å². The summed E-state index contributed by atoms with van der Waals surface area (Å²) in [5.74, 6) is -0.905. The second-order valence-corrected chi connectivity index (χ2v) is 7.98. The number of aryl methyl sites for hydroxylation is 1. The first-order valence-corrected chi connectivity index (χ1v) is 10.2. The zero-order chi connectivity index (χ0) is 21.4. The van der Waals surface area contributed by atoms with E-state index in [1.807, 2.05) is 0 Å². The van der Waals surface area contributed by atoms with Crippen LogP contribution in [-0.2, 0) is 11.3 Å². The number of amides is 1. The summed E-state index contributed by atoms with van der Waals surface area (Å²) in [4.78, 5) is 38.8. The van der Waals surface area contributed by atoms with Crippen LogP contribution in [0.25, 0.3) is 15.9 Å². The van der Waals surface area contributed by atoms with Gasteiger partial charge in [-0.3, -0.25) is 14.2 Å². The summed E-state index contributed by atoms with van der Waals surface area (Å²) < 4.78 is 16.1. The Balaban J connectivity index is 1.81. The molecule has 9 heteroatoms. The van der Waals surface area contributed by atoms with E-state index in [1.54, 1.807) is 42.6 Å². The molecule has 4 aromatic rings. The van der Waals surface area contributed by atoms with Gasteiger partial charge in [-0.25, -0.2) is 13.8 Å². The molecule has 0 saturated heterocycles. The van der Waals surface area contributed by atoms with Gasteiger partial charge in [-0.05, 0) is 66.4 Å². The molecule has 0 spiro atoms. The number of aromatic nitrogens is 2. The van der Waals surface area contributed by atoms with Crippen molar-refractivity contribution in [2.45, 2.75) is 13.5 Å². The number of thiophene rings is 1. The zero-order valence-electron chi connectivity index (χ0n) is 15.7. The lowest BCUT2D eigenvalue weighted by Crippen LogP contribution is -2.40. The highest BCUT2D eigenvalue weighted by atomic mass is 35.5. The van der Waals surface area contributed by atoms with Crippen molar-refractivity contribution in [1.82, 2.24) is 9.13 Å². The van der Waals surface area contributed by atoms with Crippen molar-refractivity contribution in [1.29, 1.82) is 0 Å². The smallest absolute Gasteiger partial charge is 0.325 e. The Morgan fingerprint density at radius 3 is 2.57 bits per heavy atom. The second kappa shape index (κ2) is 7.89. The Morgan fingerprint density at radius 1 is 1.13 bits per heavy atom. The summed E-state index contributed by atoms with van der Waals surface area (Å²) in [6.07, 6.45) is 0. The Bertz CT molecular complexity index is 1390. The molecule has 2 aromatic carbocycles. The van der Waals surface area contributed by atoms with Gasteiger partial charge in [0.15, 0.2) is 0 Å². The molecule has 0 aliphatic carbocycles. The fourth-order valence-electron chi connectivity index (χ4n) is 3.20. The maximum Gasteiger partial charge on any atom is 0.336 e. The van der Waals surface area contributed by atoms with Crippen LogP contribution in [0.3, 0.4) is 0 Å². The molecule has 1 amide bonds. The summed E-state index contributed by atoms with van der Waals surface area (Å²) in [5, 5.41) is 4.92. The lowest BCUT2D eigenvalue weighted by atomic mass is 10.2. The fourth-order valence-corrected chi connectivity index (χ4v) is 4.15. The van der Waals surface area contributed by atoms with E-state index in [4.69, 9.17) is 11.6 Å². The van der Waals surface area contributed by atoms with Gasteiger partial charge in [-0.1, -0.05) is 11.6 Å². The molecule has 0 radical (unpaired) electrons. The number of rotatable bonds is 4. The van der Waals surface area contributed by atoms with Gasteiger partial charge in [-0.2, -0.15) is 0 Å². The Kier molecular flexibility index (Phi) is 5.27. The maximum absolute atomic E-state index is 13.5. The summed E-state index contributed by atoms with van der Waals surface area (Å²) in [5.41, 5.74) is 0.427. The highest BCUT2D eigenvalue weighted by Crippen LogP contribution is 2.19. The van der Waals surface area contributed by atoms with Crippen molar-refractivity contribution in [2.75, 3.05) is 5.32 Å². The zero-order valence-corrected chi connectivity index (χ0v) is 17.3. The molecule has 0 atom stereocenters. The van der Waals surface area contributed by atoms with Crippen LogP contribution < -0.4 is 16.6 Å². The number of anilines is 1. The van der Waals surface area contributed by atoms with Crippen LogP contribution >= 0.6 is 22.9 Å². The molecule has 152 valence electrons. The quantitative estimate of drug-likeness (QED) is 0.519. The number of nitrogens with zero attached hydrogens (tertiary/aromatic N) is 2. The predicted molar refractivity (Wildman–Crippen MR) is 116 cm³/mol. The largest absolute Gasteiger partial charge is 0.336 e. The highest BCUT2D eigenvalue weighted by molar-refractivity contribution is 7.17. The maximum atomic E-state index is 13.5. The van der Waals surface area contributed by atoms with E-state index < -0.39 is 23.0 Å². The Hall–Kier alpha value is -3.23. The van der Waals surface area contributed by atoms with Gasteiger partial charge < -0.3 is 5.32 Å². The SMILES string of the molecule is Cc1cc(F)ccc1-n1c(=O)c2sccc2n(CC(=O)Nc2ccc(Cl)cc2)c1=O. The third kappa shape index (κ3) is 3.67. The second-order valence-electron chi connectivity index (χ2n) is 6.63. The van der Waals surface area contributed by atoms with E-state index in [2.05, 4.69) is 5.32 Å². The number of carbonyl (C=O) groups is 1. The third-order valence-electron chi connectivity index (χ3n) is 4.58. The van der Waals surface area contributed by atoms with Crippen molar-refractivity contribution in [2.24, 2.45) is 0 Å². The first-order valence-electron chi connectivity index (χ1n) is 8.90. The van der Waals surface area contributed by atoms with E-state index in [9.17, 15) is 18.8 Å². The molecule has 2 aromatic heterocycles. The van der Waals surface area contributed by atoms with Gasteiger partial charge in [0.1, 0.15) is 17.1 Å². The van der Waals surface area contributed by atoms with Crippen LogP contribution in [0.4, 0.5) is 10.1 Å². The molecule has 0 aliphatic heterocycles. The molecule has 0 fully saturated rings. The topological polar surface area (TPSA) is 73.1 Å². The Morgan fingerprint density at radius 2 is 1.87 bits per heavy atom. The van der Waals surface area contributed by atoms with Gasteiger partial charge >= 0.3 is 5.69 Å². The summed E-state index contributed by atoms with van der Waals surface area (Å²) in [7, 11) is 0. The van der Waals surface area contributed by atoms with Crippen LogP contribution in [0.2, 0.25) is 5.02 Å². The van der Waals surface area contributed by atoms with E-state index in [-0.39, 0.29) is 12.2 Å². The minimum absolute atomic E-state index is 0.272. The van der Waals surface area contributed by atoms with Gasteiger partial charge in [0, 0.05) is 10.7 Å².